The SMILES string of the molecule is COCC1CC(OC(C)C)CN1C. The van der Waals surface area contributed by atoms with E-state index >= 15 is 0 Å². The third-order valence-corrected chi connectivity index (χ3v) is 2.47. The van der Waals surface area contributed by atoms with Gasteiger partial charge in [-0.25, -0.2) is 0 Å². The molecule has 0 aromatic carbocycles. The van der Waals surface area contributed by atoms with Crippen LogP contribution in [0.2, 0.25) is 0 Å². The Hall–Kier alpha value is -0.120. The van der Waals surface area contributed by atoms with Crippen molar-refractivity contribution in [3.8, 4) is 0 Å². The highest BCUT2D eigenvalue weighted by Gasteiger charge is 2.30. The minimum absolute atomic E-state index is 0.333. The van der Waals surface area contributed by atoms with Crippen LogP contribution in [0, 0.1) is 0 Å². The minimum Gasteiger partial charge on any atom is -0.383 e. The van der Waals surface area contributed by atoms with Crippen molar-refractivity contribution in [1.82, 2.24) is 4.90 Å². The van der Waals surface area contributed by atoms with Crippen molar-refractivity contribution < 1.29 is 9.47 Å². The Bertz CT molecular complexity index is 150. The van der Waals surface area contributed by atoms with Gasteiger partial charge in [-0.15, -0.1) is 0 Å². The van der Waals surface area contributed by atoms with Crippen LogP contribution >= 0.6 is 0 Å². The maximum atomic E-state index is 5.76. The molecule has 0 saturated carbocycles. The van der Waals surface area contributed by atoms with Gasteiger partial charge in [-0.1, -0.05) is 0 Å². The number of likely N-dealkylation sites (N-methyl/N-ethyl adjacent to an activating group) is 1. The van der Waals surface area contributed by atoms with E-state index in [1.807, 2.05) is 0 Å². The van der Waals surface area contributed by atoms with Gasteiger partial charge >= 0.3 is 0 Å². The Morgan fingerprint density at radius 3 is 2.69 bits per heavy atom. The summed E-state index contributed by atoms with van der Waals surface area (Å²) in [5.41, 5.74) is 0. The van der Waals surface area contributed by atoms with Crippen LogP contribution in [0.3, 0.4) is 0 Å². The van der Waals surface area contributed by atoms with Crippen molar-refractivity contribution in [2.45, 2.75) is 38.5 Å². The van der Waals surface area contributed by atoms with Gasteiger partial charge in [0.2, 0.25) is 0 Å². The maximum absolute atomic E-state index is 5.76. The average molecular weight is 187 g/mol. The summed E-state index contributed by atoms with van der Waals surface area (Å²) >= 11 is 0. The van der Waals surface area contributed by atoms with E-state index in [-0.39, 0.29) is 0 Å². The zero-order valence-corrected chi connectivity index (χ0v) is 9.12. The first-order valence-corrected chi connectivity index (χ1v) is 4.98. The Kier molecular flexibility index (Phi) is 4.16. The summed E-state index contributed by atoms with van der Waals surface area (Å²) in [7, 11) is 3.89. The lowest BCUT2D eigenvalue weighted by molar-refractivity contribution is 0.0147. The number of ether oxygens (including phenoxy) is 2. The smallest absolute Gasteiger partial charge is 0.0721 e. The van der Waals surface area contributed by atoms with Crippen LogP contribution in [-0.2, 0) is 9.47 Å². The molecule has 1 rings (SSSR count). The molecular formula is C10H21NO2. The van der Waals surface area contributed by atoms with E-state index in [1.54, 1.807) is 7.11 Å². The fourth-order valence-corrected chi connectivity index (χ4v) is 1.90. The fourth-order valence-electron chi connectivity index (χ4n) is 1.90. The summed E-state index contributed by atoms with van der Waals surface area (Å²) in [5, 5.41) is 0. The first-order valence-electron chi connectivity index (χ1n) is 4.98. The van der Waals surface area contributed by atoms with Gasteiger partial charge in [0.15, 0.2) is 0 Å². The summed E-state index contributed by atoms with van der Waals surface area (Å²) in [6.07, 6.45) is 1.83. The lowest BCUT2D eigenvalue weighted by Gasteiger charge is -2.16. The molecule has 2 unspecified atom stereocenters. The van der Waals surface area contributed by atoms with E-state index in [1.165, 1.54) is 0 Å². The van der Waals surface area contributed by atoms with Crippen LogP contribution in [0.5, 0.6) is 0 Å². The molecule has 0 aliphatic carbocycles. The lowest BCUT2D eigenvalue weighted by atomic mass is 10.2. The standard InChI is InChI=1S/C10H21NO2/c1-8(2)13-10-5-9(7-12-4)11(3)6-10/h8-10H,5-7H2,1-4H3. The topological polar surface area (TPSA) is 21.7 Å². The molecule has 0 radical (unpaired) electrons. The molecule has 3 heteroatoms. The van der Waals surface area contributed by atoms with Crippen molar-refractivity contribution >= 4 is 0 Å². The fraction of sp³-hybridized carbons (Fsp3) is 1.00. The molecule has 0 aromatic rings. The van der Waals surface area contributed by atoms with Crippen LogP contribution in [-0.4, -0.2) is 50.5 Å². The number of rotatable bonds is 4. The van der Waals surface area contributed by atoms with Crippen molar-refractivity contribution in [3.63, 3.8) is 0 Å². The lowest BCUT2D eigenvalue weighted by Crippen LogP contribution is -2.29. The molecule has 1 fully saturated rings. The summed E-state index contributed by atoms with van der Waals surface area (Å²) in [6.45, 7) is 6.02. The quantitative estimate of drug-likeness (QED) is 0.658. The number of nitrogens with zero attached hydrogens (tertiary/aromatic N) is 1. The second-order valence-corrected chi connectivity index (χ2v) is 4.09. The molecule has 0 aromatic heterocycles. The number of methoxy groups -OCH3 is 1. The molecule has 0 amide bonds. The van der Waals surface area contributed by atoms with E-state index in [0.717, 1.165) is 19.6 Å². The molecule has 3 nitrogen and oxygen atoms in total. The van der Waals surface area contributed by atoms with Crippen LogP contribution in [0.4, 0.5) is 0 Å². The minimum atomic E-state index is 0.333. The maximum Gasteiger partial charge on any atom is 0.0721 e. The predicted octanol–water partition coefficient (Wildman–Crippen LogP) is 1.13. The van der Waals surface area contributed by atoms with Crippen LogP contribution in [0.25, 0.3) is 0 Å². The largest absolute Gasteiger partial charge is 0.383 e. The van der Waals surface area contributed by atoms with Gasteiger partial charge in [0, 0.05) is 19.7 Å². The highest BCUT2D eigenvalue weighted by Crippen LogP contribution is 2.19. The van der Waals surface area contributed by atoms with Gasteiger partial charge in [0.05, 0.1) is 18.8 Å². The Labute approximate surface area is 81.0 Å². The molecule has 0 spiro atoms. The van der Waals surface area contributed by atoms with Crippen LogP contribution < -0.4 is 0 Å². The molecule has 1 aliphatic rings. The first-order chi connectivity index (χ1) is 6.13. The number of hydrogen-bond donors (Lipinski definition) is 0. The second kappa shape index (κ2) is 4.94. The first kappa shape index (κ1) is 11.0. The van der Waals surface area contributed by atoms with Gasteiger partial charge in [-0.2, -0.15) is 0 Å². The molecule has 1 saturated heterocycles. The van der Waals surface area contributed by atoms with Gasteiger partial charge < -0.3 is 9.47 Å². The van der Waals surface area contributed by atoms with E-state index in [2.05, 4.69) is 25.8 Å². The highest BCUT2D eigenvalue weighted by molar-refractivity contribution is 4.83. The highest BCUT2D eigenvalue weighted by atomic mass is 16.5. The Balaban J connectivity index is 2.31. The monoisotopic (exact) mass is 187 g/mol. The summed E-state index contributed by atoms with van der Waals surface area (Å²) in [5.74, 6) is 0. The molecule has 13 heavy (non-hydrogen) atoms. The molecular weight excluding hydrogens is 166 g/mol. The summed E-state index contributed by atoms with van der Waals surface area (Å²) in [6, 6.07) is 0.536. The summed E-state index contributed by atoms with van der Waals surface area (Å²) < 4.78 is 10.9. The van der Waals surface area contributed by atoms with Gasteiger partial charge in [-0.05, 0) is 27.3 Å². The van der Waals surface area contributed by atoms with E-state index < -0.39 is 0 Å². The van der Waals surface area contributed by atoms with E-state index in [0.29, 0.717) is 18.2 Å². The van der Waals surface area contributed by atoms with E-state index in [4.69, 9.17) is 9.47 Å². The molecule has 0 N–H and O–H groups in total. The van der Waals surface area contributed by atoms with Crippen molar-refractivity contribution in [3.05, 3.63) is 0 Å². The Morgan fingerprint density at radius 2 is 2.15 bits per heavy atom. The number of likely N-dealkylation sites (tertiary alicyclic amines) is 1. The normalized spacial score (nSPS) is 30.2. The van der Waals surface area contributed by atoms with Crippen molar-refractivity contribution in [2.24, 2.45) is 0 Å². The molecule has 1 aliphatic heterocycles. The Morgan fingerprint density at radius 1 is 1.46 bits per heavy atom. The van der Waals surface area contributed by atoms with Crippen molar-refractivity contribution in [2.75, 3.05) is 27.3 Å². The van der Waals surface area contributed by atoms with Gasteiger partial charge in [-0.3, -0.25) is 4.90 Å². The molecule has 0 bridgehead atoms. The van der Waals surface area contributed by atoms with Crippen LogP contribution in [0.15, 0.2) is 0 Å². The summed E-state index contributed by atoms with van der Waals surface area (Å²) in [4.78, 5) is 2.32. The third-order valence-electron chi connectivity index (χ3n) is 2.47. The van der Waals surface area contributed by atoms with Gasteiger partial charge in [0.1, 0.15) is 0 Å². The third kappa shape index (κ3) is 3.25. The predicted molar refractivity (Wildman–Crippen MR) is 52.9 cm³/mol. The van der Waals surface area contributed by atoms with E-state index in [9.17, 15) is 0 Å². The molecule has 2 atom stereocenters. The molecule has 1 heterocycles. The zero-order valence-electron chi connectivity index (χ0n) is 9.12. The van der Waals surface area contributed by atoms with Crippen LogP contribution in [0.1, 0.15) is 20.3 Å². The number of hydrogen-bond acceptors (Lipinski definition) is 3. The van der Waals surface area contributed by atoms with Gasteiger partial charge in [0.25, 0.3) is 0 Å². The molecule has 78 valence electrons. The average Bonchev–Trinajstić information content (AvgIpc) is 2.31. The van der Waals surface area contributed by atoms with Crippen molar-refractivity contribution in [1.29, 1.82) is 0 Å². The second-order valence-electron chi connectivity index (χ2n) is 4.09. The zero-order chi connectivity index (χ0) is 9.84.